The standard InChI is InChI=1S/C8H5ClF5NO/c9-2-4-6(8(12,13)14)5(16)1-3(15-4)7(10)11/h1,7H,2H2,(H,15,16). The van der Waals surface area contributed by atoms with Gasteiger partial charge in [-0.1, -0.05) is 0 Å². The van der Waals surface area contributed by atoms with Gasteiger partial charge in [-0.3, -0.25) is 4.79 Å². The van der Waals surface area contributed by atoms with Gasteiger partial charge >= 0.3 is 6.18 Å². The third kappa shape index (κ3) is 2.52. The number of hydrogen-bond acceptors (Lipinski definition) is 1. The van der Waals surface area contributed by atoms with Crippen LogP contribution >= 0.6 is 11.6 Å². The fourth-order valence-corrected chi connectivity index (χ4v) is 1.36. The van der Waals surface area contributed by atoms with Gasteiger partial charge in [0.2, 0.25) is 0 Å². The number of aromatic nitrogens is 1. The van der Waals surface area contributed by atoms with E-state index in [-0.39, 0.29) is 6.07 Å². The maximum atomic E-state index is 12.4. The molecule has 1 aromatic heterocycles. The monoisotopic (exact) mass is 261 g/mol. The van der Waals surface area contributed by atoms with Crippen molar-refractivity contribution >= 4 is 11.6 Å². The average molecular weight is 262 g/mol. The molecule has 0 saturated heterocycles. The predicted molar refractivity (Wildman–Crippen MR) is 46.6 cm³/mol. The van der Waals surface area contributed by atoms with Crippen LogP contribution in [0.25, 0.3) is 0 Å². The van der Waals surface area contributed by atoms with E-state index in [2.05, 4.69) is 0 Å². The zero-order chi connectivity index (χ0) is 12.5. The molecule has 0 aliphatic rings. The normalized spacial score (nSPS) is 12.2. The van der Waals surface area contributed by atoms with Gasteiger partial charge in [0.15, 0.2) is 5.43 Å². The van der Waals surface area contributed by atoms with Crippen LogP contribution in [0.2, 0.25) is 0 Å². The molecule has 1 rings (SSSR count). The van der Waals surface area contributed by atoms with E-state index in [1.807, 2.05) is 4.98 Å². The van der Waals surface area contributed by atoms with Crippen molar-refractivity contribution in [2.75, 3.05) is 0 Å². The summed E-state index contributed by atoms with van der Waals surface area (Å²) in [6.45, 7) is 0. The highest BCUT2D eigenvalue weighted by molar-refractivity contribution is 6.17. The number of halogens is 6. The molecule has 0 aliphatic heterocycles. The van der Waals surface area contributed by atoms with Gasteiger partial charge in [-0.25, -0.2) is 8.78 Å². The molecule has 0 unspecified atom stereocenters. The van der Waals surface area contributed by atoms with E-state index in [1.165, 1.54) is 0 Å². The van der Waals surface area contributed by atoms with Gasteiger partial charge in [-0.15, -0.1) is 11.6 Å². The Kier molecular flexibility index (Phi) is 3.57. The lowest BCUT2D eigenvalue weighted by Gasteiger charge is -2.11. The van der Waals surface area contributed by atoms with Crippen LogP contribution < -0.4 is 5.43 Å². The summed E-state index contributed by atoms with van der Waals surface area (Å²) in [4.78, 5) is 12.8. The Labute approximate surface area is 91.0 Å². The van der Waals surface area contributed by atoms with Crippen molar-refractivity contribution in [2.24, 2.45) is 0 Å². The second-order valence-corrected chi connectivity index (χ2v) is 3.14. The molecule has 1 aromatic rings. The highest BCUT2D eigenvalue weighted by Crippen LogP contribution is 2.30. The Balaban J connectivity index is 3.47. The molecule has 0 saturated carbocycles. The maximum Gasteiger partial charge on any atom is 0.421 e. The van der Waals surface area contributed by atoms with Gasteiger partial charge in [-0.05, 0) is 0 Å². The summed E-state index contributed by atoms with van der Waals surface area (Å²) < 4.78 is 61.5. The lowest BCUT2D eigenvalue weighted by Crippen LogP contribution is -2.23. The summed E-state index contributed by atoms with van der Waals surface area (Å²) in [7, 11) is 0. The maximum absolute atomic E-state index is 12.4. The Morgan fingerprint density at radius 3 is 2.31 bits per heavy atom. The van der Waals surface area contributed by atoms with Crippen LogP contribution in [-0.2, 0) is 12.1 Å². The van der Waals surface area contributed by atoms with Gasteiger partial charge in [0, 0.05) is 11.8 Å². The fourth-order valence-electron chi connectivity index (χ4n) is 1.16. The number of H-pyrrole nitrogens is 1. The summed E-state index contributed by atoms with van der Waals surface area (Å²) in [6, 6.07) is 0.226. The van der Waals surface area contributed by atoms with Crippen LogP contribution in [0.4, 0.5) is 22.0 Å². The molecule has 90 valence electrons. The van der Waals surface area contributed by atoms with Crippen LogP contribution in [0.5, 0.6) is 0 Å². The molecule has 2 nitrogen and oxygen atoms in total. The molecule has 1 heterocycles. The zero-order valence-corrected chi connectivity index (χ0v) is 8.29. The number of aromatic amines is 1. The molecule has 1 N–H and O–H groups in total. The molecule has 16 heavy (non-hydrogen) atoms. The first kappa shape index (κ1) is 13.0. The summed E-state index contributed by atoms with van der Waals surface area (Å²) in [5, 5.41) is 0. The minimum atomic E-state index is -4.92. The Morgan fingerprint density at radius 1 is 1.38 bits per heavy atom. The van der Waals surface area contributed by atoms with E-state index in [9.17, 15) is 26.7 Å². The molecule has 0 aliphatic carbocycles. The molecular formula is C8H5ClF5NO. The number of nitrogens with one attached hydrogen (secondary N) is 1. The van der Waals surface area contributed by atoms with Crippen molar-refractivity contribution in [3.63, 3.8) is 0 Å². The average Bonchev–Trinajstić information content (AvgIpc) is 2.14. The second kappa shape index (κ2) is 4.40. The lowest BCUT2D eigenvalue weighted by atomic mass is 10.1. The van der Waals surface area contributed by atoms with Crippen LogP contribution in [-0.4, -0.2) is 4.98 Å². The molecule has 0 fully saturated rings. The minimum Gasteiger partial charge on any atom is -0.356 e. The van der Waals surface area contributed by atoms with Crippen molar-refractivity contribution < 1.29 is 22.0 Å². The summed E-state index contributed by atoms with van der Waals surface area (Å²) in [5.74, 6) is -0.704. The third-order valence-corrected chi connectivity index (χ3v) is 2.05. The van der Waals surface area contributed by atoms with Crippen LogP contribution in [0, 0.1) is 0 Å². The van der Waals surface area contributed by atoms with E-state index in [1.54, 1.807) is 0 Å². The van der Waals surface area contributed by atoms with Crippen molar-refractivity contribution in [2.45, 2.75) is 18.5 Å². The predicted octanol–water partition coefficient (Wildman–Crippen LogP) is 3.07. The molecular weight excluding hydrogens is 257 g/mol. The Morgan fingerprint density at radius 2 is 1.94 bits per heavy atom. The fraction of sp³-hybridized carbons (Fsp3) is 0.375. The first-order valence-electron chi connectivity index (χ1n) is 3.94. The smallest absolute Gasteiger partial charge is 0.356 e. The number of rotatable bonds is 2. The quantitative estimate of drug-likeness (QED) is 0.644. The molecule has 8 heteroatoms. The van der Waals surface area contributed by atoms with Crippen molar-refractivity contribution in [3.05, 3.63) is 33.2 Å². The second-order valence-electron chi connectivity index (χ2n) is 2.87. The number of pyridine rings is 1. The highest BCUT2D eigenvalue weighted by atomic mass is 35.5. The van der Waals surface area contributed by atoms with Crippen molar-refractivity contribution in [3.8, 4) is 0 Å². The van der Waals surface area contributed by atoms with Crippen LogP contribution in [0.15, 0.2) is 10.9 Å². The zero-order valence-electron chi connectivity index (χ0n) is 7.54. The van der Waals surface area contributed by atoms with Crippen molar-refractivity contribution in [1.82, 2.24) is 4.98 Å². The van der Waals surface area contributed by atoms with Gasteiger partial charge < -0.3 is 4.98 Å². The Hall–Kier alpha value is -1.11. The first-order chi connectivity index (χ1) is 7.27. The Bertz CT molecular complexity index is 439. The summed E-state index contributed by atoms with van der Waals surface area (Å²) in [6.07, 6.45) is -7.98. The third-order valence-electron chi connectivity index (χ3n) is 1.78. The van der Waals surface area contributed by atoms with E-state index in [0.29, 0.717) is 0 Å². The molecule has 0 atom stereocenters. The molecule has 0 radical (unpaired) electrons. The van der Waals surface area contributed by atoms with Gasteiger partial charge in [0.1, 0.15) is 5.56 Å². The van der Waals surface area contributed by atoms with E-state index in [0.717, 1.165) is 0 Å². The van der Waals surface area contributed by atoms with Crippen LogP contribution in [0.3, 0.4) is 0 Å². The van der Waals surface area contributed by atoms with Crippen LogP contribution in [0.1, 0.15) is 23.4 Å². The topological polar surface area (TPSA) is 32.9 Å². The van der Waals surface area contributed by atoms with Gasteiger partial charge in [-0.2, -0.15) is 13.2 Å². The highest BCUT2D eigenvalue weighted by Gasteiger charge is 2.37. The largest absolute Gasteiger partial charge is 0.421 e. The molecule has 0 amide bonds. The van der Waals surface area contributed by atoms with E-state index >= 15 is 0 Å². The molecule has 0 spiro atoms. The first-order valence-corrected chi connectivity index (χ1v) is 4.48. The summed E-state index contributed by atoms with van der Waals surface area (Å²) >= 11 is 5.17. The molecule has 0 aromatic carbocycles. The van der Waals surface area contributed by atoms with Crippen molar-refractivity contribution in [1.29, 1.82) is 0 Å². The van der Waals surface area contributed by atoms with Gasteiger partial charge in [0.25, 0.3) is 6.43 Å². The molecule has 0 bridgehead atoms. The van der Waals surface area contributed by atoms with Gasteiger partial charge in [0.05, 0.1) is 11.6 Å². The number of alkyl halides is 6. The SMILES string of the molecule is O=c1cc(C(F)F)[nH]c(CCl)c1C(F)(F)F. The number of hydrogen-bond donors (Lipinski definition) is 1. The summed E-state index contributed by atoms with van der Waals surface area (Å²) in [5.41, 5.74) is -4.69. The van der Waals surface area contributed by atoms with E-state index in [4.69, 9.17) is 11.6 Å². The van der Waals surface area contributed by atoms with E-state index < -0.39 is 40.9 Å². The lowest BCUT2D eigenvalue weighted by molar-refractivity contribution is -0.139. The minimum absolute atomic E-state index is 0.226.